The van der Waals surface area contributed by atoms with E-state index in [1.54, 1.807) is 0 Å². The maximum Gasteiger partial charge on any atom is 0.164 e. The molecule has 3 nitrogen and oxygen atoms in total. The molecule has 0 unspecified atom stereocenters. The third kappa shape index (κ3) is 4.83. The van der Waals surface area contributed by atoms with E-state index in [0.717, 1.165) is 22.3 Å². The third-order valence-electron chi connectivity index (χ3n) is 8.98. The monoisotopic (exact) mass is 577 g/mol. The largest absolute Gasteiger partial charge is 0.208 e. The summed E-state index contributed by atoms with van der Waals surface area (Å²) in [6.07, 6.45) is 0. The number of fused-ring (bicyclic) bond motifs is 3. The number of benzene rings is 6. The molecule has 0 bridgehead atoms. The van der Waals surface area contributed by atoms with E-state index < -0.39 is 0 Å². The molecule has 0 saturated carbocycles. The minimum Gasteiger partial charge on any atom is -0.208 e. The van der Waals surface area contributed by atoms with Crippen LogP contribution in [-0.4, -0.2) is 15.0 Å². The van der Waals surface area contributed by atoms with Crippen molar-refractivity contribution in [3.8, 4) is 67.5 Å². The van der Waals surface area contributed by atoms with E-state index in [0.29, 0.717) is 17.5 Å². The molecule has 1 aliphatic rings. The summed E-state index contributed by atoms with van der Waals surface area (Å²) in [5.41, 5.74) is 13.2. The van der Waals surface area contributed by atoms with Crippen molar-refractivity contribution in [1.82, 2.24) is 15.0 Å². The average Bonchev–Trinajstić information content (AvgIpc) is 3.34. The van der Waals surface area contributed by atoms with Crippen molar-refractivity contribution >= 4 is 0 Å². The predicted octanol–water partition coefficient (Wildman–Crippen LogP) is 10.5. The van der Waals surface area contributed by atoms with E-state index in [1.807, 2.05) is 60.7 Å². The van der Waals surface area contributed by atoms with Gasteiger partial charge in [-0.1, -0.05) is 159 Å². The second-order valence-electron chi connectivity index (χ2n) is 12.1. The van der Waals surface area contributed by atoms with Crippen molar-refractivity contribution in [2.45, 2.75) is 19.3 Å². The molecular formula is C42H31N3. The number of rotatable bonds is 5. The zero-order valence-electron chi connectivity index (χ0n) is 25.3. The molecule has 1 heterocycles. The van der Waals surface area contributed by atoms with Gasteiger partial charge in [-0.25, -0.2) is 15.0 Å². The van der Waals surface area contributed by atoms with Crippen LogP contribution < -0.4 is 0 Å². The topological polar surface area (TPSA) is 38.7 Å². The maximum absolute atomic E-state index is 4.87. The van der Waals surface area contributed by atoms with Gasteiger partial charge >= 0.3 is 0 Å². The van der Waals surface area contributed by atoms with Gasteiger partial charge in [0.1, 0.15) is 0 Å². The van der Waals surface area contributed by atoms with Gasteiger partial charge in [-0.05, 0) is 50.6 Å². The maximum atomic E-state index is 4.87. The van der Waals surface area contributed by atoms with E-state index in [-0.39, 0.29) is 5.41 Å². The molecule has 0 radical (unpaired) electrons. The van der Waals surface area contributed by atoms with E-state index in [2.05, 4.69) is 105 Å². The van der Waals surface area contributed by atoms with Crippen LogP contribution in [-0.2, 0) is 5.41 Å². The van der Waals surface area contributed by atoms with Crippen LogP contribution in [0.4, 0.5) is 0 Å². The van der Waals surface area contributed by atoms with Crippen LogP contribution in [0.2, 0.25) is 0 Å². The Morgan fingerprint density at radius 1 is 0.333 bits per heavy atom. The number of hydrogen-bond donors (Lipinski definition) is 0. The van der Waals surface area contributed by atoms with Crippen LogP contribution in [0.25, 0.3) is 67.5 Å². The molecule has 214 valence electrons. The fraction of sp³-hybridized carbons (Fsp3) is 0.0714. The molecule has 0 amide bonds. The smallest absolute Gasteiger partial charge is 0.164 e. The quantitative estimate of drug-likeness (QED) is 0.204. The van der Waals surface area contributed by atoms with Crippen molar-refractivity contribution < 1.29 is 0 Å². The molecule has 3 heteroatoms. The second kappa shape index (κ2) is 10.8. The second-order valence-corrected chi connectivity index (χ2v) is 12.1. The highest BCUT2D eigenvalue weighted by molar-refractivity contribution is 5.85. The SMILES string of the molecule is CC1(C)c2ccccc2-c2cc(-c3ccc(-c4ccc(-c5nc(-c6ccccc6)nc(-c6ccccc6)n5)cc4)cc3)ccc21. The molecule has 0 spiro atoms. The summed E-state index contributed by atoms with van der Waals surface area (Å²) in [7, 11) is 0. The summed E-state index contributed by atoms with van der Waals surface area (Å²) < 4.78 is 0. The van der Waals surface area contributed by atoms with Gasteiger partial charge in [0.2, 0.25) is 0 Å². The predicted molar refractivity (Wildman–Crippen MR) is 185 cm³/mol. The average molecular weight is 578 g/mol. The van der Waals surface area contributed by atoms with Crippen LogP contribution in [0.1, 0.15) is 25.0 Å². The summed E-state index contributed by atoms with van der Waals surface area (Å²) in [5.74, 6) is 1.99. The Morgan fingerprint density at radius 3 is 1.24 bits per heavy atom. The van der Waals surface area contributed by atoms with Gasteiger partial charge in [-0.15, -0.1) is 0 Å². The van der Waals surface area contributed by atoms with Crippen molar-refractivity contribution in [2.75, 3.05) is 0 Å². The van der Waals surface area contributed by atoms with Gasteiger partial charge in [0.05, 0.1) is 0 Å². The summed E-state index contributed by atoms with van der Waals surface area (Å²) in [6.45, 7) is 4.64. The third-order valence-corrected chi connectivity index (χ3v) is 8.98. The Hall–Kier alpha value is -5.67. The standard InChI is InChI=1S/C42H31N3/c1-42(2)37-16-10-9-15-35(37)36-27-34(25-26-38(36)42)30-19-17-28(18-20-30)29-21-23-33(24-22-29)41-44-39(31-11-5-3-6-12-31)43-40(45-41)32-13-7-4-8-14-32/h3-27H,1-2H3. The molecule has 7 aromatic rings. The van der Waals surface area contributed by atoms with Gasteiger partial charge in [-0.3, -0.25) is 0 Å². The van der Waals surface area contributed by atoms with Crippen LogP contribution in [0.5, 0.6) is 0 Å². The highest BCUT2D eigenvalue weighted by Gasteiger charge is 2.35. The Balaban J connectivity index is 1.09. The lowest BCUT2D eigenvalue weighted by Crippen LogP contribution is -2.14. The Labute approximate surface area is 264 Å². The molecule has 45 heavy (non-hydrogen) atoms. The molecule has 0 saturated heterocycles. The van der Waals surface area contributed by atoms with Gasteiger partial charge in [0.25, 0.3) is 0 Å². The first-order valence-electron chi connectivity index (χ1n) is 15.4. The normalized spacial score (nSPS) is 12.8. The molecule has 0 fully saturated rings. The fourth-order valence-corrected chi connectivity index (χ4v) is 6.50. The van der Waals surface area contributed by atoms with E-state index in [9.17, 15) is 0 Å². The van der Waals surface area contributed by atoms with Crippen molar-refractivity contribution in [1.29, 1.82) is 0 Å². The number of aromatic nitrogens is 3. The highest BCUT2D eigenvalue weighted by Crippen LogP contribution is 2.49. The van der Waals surface area contributed by atoms with Crippen LogP contribution in [0.3, 0.4) is 0 Å². The number of nitrogens with zero attached hydrogens (tertiary/aromatic N) is 3. The summed E-state index contributed by atoms with van der Waals surface area (Å²) in [5, 5.41) is 0. The lowest BCUT2D eigenvalue weighted by Gasteiger charge is -2.21. The minimum atomic E-state index is 0.0218. The molecule has 0 N–H and O–H groups in total. The van der Waals surface area contributed by atoms with Gasteiger partial charge in [-0.2, -0.15) is 0 Å². The molecule has 0 atom stereocenters. The first kappa shape index (κ1) is 26.9. The Kier molecular flexibility index (Phi) is 6.46. The lowest BCUT2D eigenvalue weighted by molar-refractivity contribution is 0.660. The van der Waals surface area contributed by atoms with E-state index in [4.69, 9.17) is 15.0 Å². The van der Waals surface area contributed by atoms with Crippen LogP contribution in [0.15, 0.2) is 152 Å². The molecule has 6 aromatic carbocycles. The minimum absolute atomic E-state index is 0.0218. The molecule has 0 aliphatic heterocycles. The van der Waals surface area contributed by atoms with Crippen molar-refractivity contribution in [3.63, 3.8) is 0 Å². The molecule has 1 aromatic heterocycles. The Morgan fingerprint density at radius 2 is 0.711 bits per heavy atom. The van der Waals surface area contributed by atoms with Crippen LogP contribution >= 0.6 is 0 Å². The lowest BCUT2D eigenvalue weighted by atomic mass is 9.82. The van der Waals surface area contributed by atoms with Crippen LogP contribution in [0, 0.1) is 0 Å². The summed E-state index contributed by atoms with van der Waals surface area (Å²) in [4.78, 5) is 14.6. The molecular weight excluding hydrogens is 546 g/mol. The zero-order valence-corrected chi connectivity index (χ0v) is 25.3. The Bertz CT molecular complexity index is 2090. The van der Waals surface area contributed by atoms with Crippen molar-refractivity contribution in [3.05, 3.63) is 163 Å². The molecule has 1 aliphatic carbocycles. The summed E-state index contributed by atoms with van der Waals surface area (Å²) >= 11 is 0. The fourth-order valence-electron chi connectivity index (χ4n) is 6.50. The van der Waals surface area contributed by atoms with Crippen molar-refractivity contribution in [2.24, 2.45) is 0 Å². The number of hydrogen-bond acceptors (Lipinski definition) is 3. The van der Waals surface area contributed by atoms with Gasteiger partial charge in [0, 0.05) is 22.1 Å². The van der Waals surface area contributed by atoms with E-state index in [1.165, 1.54) is 38.9 Å². The first-order chi connectivity index (χ1) is 22.0. The van der Waals surface area contributed by atoms with Gasteiger partial charge < -0.3 is 0 Å². The molecule has 8 rings (SSSR count). The first-order valence-corrected chi connectivity index (χ1v) is 15.4. The summed E-state index contributed by atoms with van der Waals surface area (Å²) in [6, 6.07) is 53.2. The zero-order chi connectivity index (χ0) is 30.4. The van der Waals surface area contributed by atoms with E-state index >= 15 is 0 Å². The van der Waals surface area contributed by atoms with Gasteiger partial charge in [0.15, 0.2) is 17.5 Å². The highest BCUT2D eigenvalue weighted by atomic mass is 15.0.